The van der Waals surface area contributed by atoms with E-state index in [4.69, 9.17) is 18.9 Å². The van der Waals surface area contributed by atoms with Gasteiger partial charge < -0.3 is 18.9 Å². The van der Waals surface area contributed by atoms with Crippen molar-refractivity contribution >= 4 is 0 Å². The van der Waals surface area contributed by atoms with Crippen LogP contribution in [0.1, 0.15) is 43.7 Å². The van der Waals surface area contributed by atoms with Gasteiger partial charge in [-0.1, -0.05) is 38.3 Å². The molecule has 0 aromatic heterocycles. The third-order valence-electron chi connectivity index (χ3n) is 4.39. The number of ether oxygens (including phenoxy) is 4. The molecule has 0 saturated carbocycles. The molecule has 0 aliphatic rings. The second-order valence-electron chi connectivity index (χ2n) is 6.24. The van der Waals surface area contributed by atoms with Crippen molar-refractivity contribution in [3.8, 4) is 23.0 Å². The van der Waals surface area contributed by atoms with Crippen molar-refractivity contribution in [3.63, 3.8) is 0 Å². The van der Waals surface area contributed by atoms with Crippen LogP contribution in [-0.2, 0) is 6.42 Å². The van der Waals surface area contributed by atoms with Crippen LogP contribution >= 0.6 is 0 Å². The highest BCUT2D eigenvalue weighted by Gasteiger charge is 2.14. The maximum Gasteiger partial charge on any atom is 0.129 e. The molecule has 4 heteroatoms. The van der Waals surface area contributed by atoms with Gasteiger partial charge in [0.05, 0.1) is 27.9 Å². The van der Waals surface area contributed by atoms with E-state index in [0.29, 0.717) is 12.2 Å². The minimum absolute atomic E-state index is 0.715. The maximum absolute atomic E-state index is 5.81. The average molecular weight is 358 g/mol. The highest BCUT2D eigenvalue weighted by molar-refractivity contribution is 5.52. The number of hydrogen-bond donors (Lipinski definition) is 0. The topological polar surface area (TPSA) is 36.9 Å². The fourth-order valence-electron chi connectivity index (χ4n) is 2.88. The van der Waals surface area contributed by atoms with Crippen LogP contribution in [0.5, 0.6) is 23.0 Å². The summed E-state index contributed by atoms with van der Waals surface area (Å²) in [4.78, 5) is 0. The van der Waals surface area contributed by atoms with Crippen molar-refractivity contribution < 1.29 is 18.9 Å². The van der Waals surface area contributed by atoms with Gasteiger partial charge in [0.1, 0.15) is 23.0 Å². The summed E-state index contributed by atoms with van der Waals surface area (Å²) in [5.41, 5.74) is 2.18. The van der Waals surface area contributed by atoms with Gasteiger partial charge in [-0.3, -0.25) is 0 Å². The number of rotatable bonds is 11. The minimum Gasteiger partial charge on any atom is -0.496 e. The molecule has 0 radical (unpaired) electrons. The molecule has 2 aromatic carbocycles. The predicted molar refractivity (Wildman–Crippen MR) is 105 cm³/mol. The van der Waals surface area contributed by atoms with Gasteiger partial charge in [-0.2, -0.15) is 0 Å². The van der Waals surface area contributed by atoms with Gasteiger partial charge in [-0.05, 0) is 24.1 Å². The molecule has 142 valence electrons. The van der Waals surface area contributed by atoms with Crippen LogP contribution in [0.15, 0.2) is 36.4 Å². The zero-order valence-electron chi connectivity index (χ0n) is 16.3. The van der Waals surface area contributed by atoms with E-state index in [2.05, 4.69) is 19.1 Å². The van der Waals surface area contributed by atoms with Crippen molar-refractivity contribution in [1.82, 2.24) is 0 Å². The van der Waals surface area contributed by atoms with Gasteiger partial charge in [0.25, 0.3) is 0 Å². The summed E-state index contributed by atoms with van der Waals surface area (Å²) >= 11 is 0. The van der Waals surface area contributed by atoms with E-state index in [1.807, 2.05) is 24.3 Å². The molecule has 0 fully saturated rings. The van der Waals surface area contributed by atoms with Gasteiger partial charge in [0.15, 0.2) is 0 Å². The second-order valence-corrected chi connectivity index (χ2v) is 6.24. The van der Waals surface area contributed by atoms with E-state index in [1.54, 1.807) is 21.3 Å². The van der Waals surface area contributed by atoms with Crippen LogP contribution in [0, 0.1) is 0 Å². The van der Waals surface area contributed by atoms with E-state index < -0.39 is 0 Å². The van der Waals surface area contributed by atoms with Gasteiger partial charge in [-0.25, -0.2) is 0 Å². The molecule has 0 aliphatic carbocycles. The highest BCUT2D eigenvalue weighted by atomic mass is 16.5. The first-order chi connectivity index (χ1) is 12.7. The van der Waals surface area contributed by atoms with E-state index in [9.17, 15) is 0 Å². The van der Waals surface area contributed by atoms with Gasteiger partial charge in [0, 0.05) is 24.1 Å². The summed E-state index contributed by atoms with van der Waals surface area (Å²) in [5, 5.41) is 0. The molecule has 0 amide bonds. The lowest BCUT2D eigenvalue weighted by Crippen LogP contribution is -2.00. The van der Waals surface area contributed by atoms with E-state index in [-0.39, 0.29) is 0 Å². The Labute approximate surface area is 157 Å². The van der Waals surface area contributed by atoms with Crippen molar-refractivity contribution in [3.05, 3.63) is 47.5 Å². The maximum atomic E-state index is 5.81. The second kappa shape index (κ2) is 10.6. The molecule has 0 bridgehead atoms. The van der Waals surface area contributed by atoms with E-state index in [0.717, 1.165) is 35.8 Å². The van der Waals surface area contributed by atoms with E-state index >= 15 is 0 Å². The summed E-state index contributed by atoms with van der Waals surface area (Å²) in [6.45, 7) is 2.99. The molecule has 2 rings (SSSR count). The van der Waals surface area contributed by atoms with Crippen molar-refractivity contribution in [1.29, 1.82) is 0 Å². The summed E-state index contributed by atoms with van der Waals surface area (Å²) in [6, 6.07) is 12.0. The predicted octanol–water partition coefficient (Wildman–Crippen LogP) is 5.26. The fraction of sp³-hybridized carbons (Fsp3) is 0.455. The molecular weight excluding hydrogens is 328 g/mol. The number of unbranched alkanes of at least 4 members (excludes halogenated alkanes) is 3. The van der Waals surface area contributed by atoms with Crippen LogP contribution in [0.3, 0.4) is 0 Å². The van der Waals surface area contributed by atoms with Crippen molar-refractivity contribution in [2.75, 3.05) is 27.9 Å². The molecule has 0 heterocycles. The Hall–Kier alpha value is -2.36. The quantitative estimate of drug-likeness (QED) is 0.513. The van der Waals surface area contributed by atoms with Crippen LogP contribution in [-0.4, -0.2) is 27.9 Å². The SMILES string of the molecule is CCCCCCOc1ccc(Cc2c(OC)cc(OC)cc2OC)cc1. The summed E-state index contributed by atoms with van der Waals surface area (Å²) in [6.07, 6.45) is 5.56. The molecule has 0 aliphatic heterocycles. The first kappa shape index (κ1) is 20.0. The monoisotopic (exact) mass is 358 g/mol. The normalized spacial score (nSPS) is 10.5. The van der Waals surface area contributed by atoms with Crippen LogP contribution in [0.25, 0.3) is 0 Å². The molecule has 4 nitrogen and oxygen atoms in total. The Balaban J connectivity index is 2.04. The molecule has 0 atom stereocenters. The lowest BCUT2D eigenvalue weighted by atomic mass is 10.0. The minimum atomic E-state index is 0.715. The number of benzene rings is 2. The Morgan fingerprint density at radius 2 is 1.38 bits per heavy atom. The zero-order valence-corrected chi connectivity index (χ0v) is 16.3. The Morgan fingerprint density at radius 1 is 0.731 bits per heavy atom. The third kappa shape index (κ3) is 5.58. The smallest absolute Gasteiger partial charge is 0.129 e. The molecule has 0 saturated heterocycles. The average Bonchev–Trinajstić information content (AvgIpc) is 2.69. The molecular formula is C22H30O4. The van der Waals surface area contributed by atoms with Gasteiger partial charge in [-0.15, -0.1) is 0 Å². The third-order valence-corrected chi connectivity index (χ3v) is 4.39. The zero-order chi connectivity index (χ0) is 18.8. The molecule has 0 spiro atoms. The Kier molecular flexibility index (Phi) is 8.13. The number of hydrogen-bond acceptors (Lipinski definition) is 4. The molecule has 0 N–H and O–H groups in total. The van der Waals surface area contributed by atoms with Gasteiger partial charge in [0.2, 0.25) is 0 Å². The summed E-state index contributed by atoms with van der Waals surface area (Å²) in [7, 11) is 4.95. The van der Waals surface area contributed by atoms with Crippen molar-refractivity contribution in [2.24, 2.45) is 0 Å². The highest BCUT2D eigenvalue weighted by Crippen LogP contribution is 2.35. The number of methoxy groups -OCH3 is 3. The fourth-order valence-corrected chi connectivity index (χ4v) is 2.88. The lowest BCUT2D eigenvalue weighted by molar-refractivity contribution is 0.305. The van der Waals surface area contributed by atoms with Crippen LogP contribution in [0.2, 0.25) is 0 Å². The Bertz CT molecular complexity index is 639. The van der Waals surface area contributed by atoms with Crippen LogP contribution in [0.4, 0.5) is 0 Å². The van der Waals surface area contributed by atoms with E-state index in [1.165, 1.54) is 24.8 Å². The Morgan fingerprint density at radius 3 is 1.92 bits per heavy atom. The first-order valence-corrected chi connectivity index (χ1v) is 9.22. The summed E-state index contributed by atoms with van der Waals surface area (Å²) in [5.74, 6) is 3.16. The first-order valence-electron chi connectivity index (χ1n) is 9.22. The summed E-state index contributed by atoms with van der Waals surface area (Å²) < 4.78 is 22.2. The van der Waals surface area contributed by atoms with Crippen LogP contribution < -0.4 is 18.9 Å². The lowest BCUT2D eigenvalue weighted by Gasteiger charge is -2.15. The van der Waals surface area contributed by atoms with Crippen molar-refractivity contribution in [2.45, 2.75) is 39.0 Å². The molecule has 2 aromatic rings. The molecule has 0 unspecified atom stereocenters. The largest absolute Gasteiger partial charge is 0.496 e. The standard InChI is InChI=1S/C22H30O4/c1-5-6-7-8-13-26-18-11-9-17(10-12-18)14-20-21(24-3)15-19(23-2)16-22(20)25-4/h9-12,15-16H,5-8,13-14H2,1-4H3. The molecule has 26 heavy (non-hydrogen) atoms. The van der Waals surface area contributed by atoms with Gasteiger partial charge >= 0.3 is 0 Å².